The standard InChI is InChI=1S/C9H12F3N3/c1-3-4-13-7-5-6(2)14-8(15-7)9(10,11)12/h5H,3-4H2,1-2H3,(H,13,14,15). The van der Waals surface area contributed by atoms with Crippen LogP contribution in [0.25, 0.3) is 0 Å². The van der Waals surface area contributed by atoms with Crippen molar-refractivity contribution in [1.82, 2.24) is 9.97 Å². The number of nitrogens with one attached hydrogen (secondary N) is 1. The van der Waals surface area contributed by atoms with Crippen LogP contribution in [0.4, 0.5) is 19.0 Å². The molecule has 1 rings (SSSR count). The number of nitrogens with zero attached hydrogens (tertiary/aromatic N) is 2. The van der Waals surface area contributed by atoms with Gasteiger partial charge in [0.15, 0.2) is 0 Å². The zero-order valence-electron chi connectivity index (χ0n) is 8.52. The molecule has 0 saturated heterocycles. The first-order chi connectivity index (χ1) is 6.93. The van der Waals surface area contributed by atoms with E-state index in [0.29, 0.717) is 12.2 Å². The highest BCUT2D eigenvalue weighted by Crippen LogP contribution is 2.27. The average molecular weight is 219 g/mol. The fourth-order valence-corrected chi connectivity index (χ4v) is 1.04. The van der Waals surface area contributed by atoms with Crippen LogP contribution in [0.5, 0.6) is 0 Å². The molecular formula is C9H12F3N3. The van der Waals surface area contributed by atoms with Crippen molar-refractivity contribution < 1.29 is 13.2 Å². The molecule has 0 unspecified atom stereocenters. The Morgan fingerprint density at radius 3 is 2.53 bits per heavy atom. The predicted octanol–water partition coefficient (Wildman–Crippen LogP) is 2.63. The number of rotatable bonds is 3. The van der Waals surface area contributed by atoms with E-state index in [-0.39, 0.29) is 5.82 Å². The van der Waals surface area contributed by atoms with Crippen molar-refractivity contribution in [3.63, 3.8) is 0 Å². The van der Waals surface area contributed by atoms with Crippen LogP contribution >= 0.6 is 0 Å². The van der Waals surface area contributed by atoms with Crippen LogP contribution in [-0.2, 0) is 6.18 Å². The fraction of sp³-hybridized carbons (Fsp3) is 0.556. The monoisotopic (exact) mass is 219 g/mol. The summed E-state index contributed by atoms with van der Waals surface area (Å²) in [7, 11) is 0. The van der Waals surface area contributed by atoms with Crippen LogP contribution < -0.4 is 5.32 Å². The van der Waals surface area contributed by atoms with Crippen LogP contribution in [0.3, 0.4) is 0 Å². The normalized spacial score (nSPS) is 11.5. The van der Waals surface area contributed by atoms with Gasteiger partial charge in [-0.05, 0) is 13.3 Å². The molecule has 3 nitrogen and oxygen atoms in total. The summed E-state index contributed by atoms with van der Waals surface area (Å²) in [6.07, 6.45) is -3.67. The maximum atomic E-state index is 12.3. The second-order valence-corrected chi connectivity index (χ2v) is 3.14. The third-order valence-corrected chi connectivity index (χ3v) is 1.66. The Balaban J connectivity index is 2.95. The Kier molecular flexibility index (Phi) is 3.49. The molecule has 0 spiro atoms. The number of aryl methyl sites for hydroxylation is 1. The van der Waals surface area contributed by atoms with Gasteiger partial charge in [-0.3, -0.25) is 0 Å². The minimum absolute atomic E-state index is 0.219. The third kappa shape index (κ3) is 3.38. The van der Waals surface area contributed by atoms with E-state index in [2.05, 4.69) is 15.3 Å². The highest BCUT2D eigenvalue weighted by atomic mass is 19.4. The van der Waals surface area contributed by atoms with E-state index in [9.17, 15) is 13.2 Å². The first-order valence-electron chi connectivity index (χ1n) is 4.60. The summed E-state index contributed by atoms with van der Waals surface area (Å²) < 4.78 is 37.0. The number of hydrogen-bond acceptors (Lipinski definition) is 3. The van der Waals surface area contributed by atoms with Gasteiger partial charge >= 0.3 is 6.18 Å². The molecule has 0 radical (unpaired) electrons. The lowest BCUT2D eigenvalue weighted by molar-refractivity contribution is -0.145. The molecule has 1 N–H and O–H groups in total. The summed E-state index contributed by atoms with van der Waals surface area (Å²) in [5.41, 5.74) is 0.302. The molecule has 0 aliphatic heterocycles. The van der Waals surface area contributed by atoms with Crippen molar-refractivity contribution in [3.05, 3.63) is 17.6 Å². The lowest BCUT2D eigenvalue weighted by Gasteiger charge is -2.09. The van der Waals surface area contributed by atoms with Crippen molar-refractivity contribution in [2.45, 2.75) is 26.4 Å². The lowest BCUT2D eigenvalue weighted by atomic mass is 10.4. The smallest absolute Gasteiger partial charge is 0.370 e. The molecule has 6 heteroatoms. The molecule has 0 aromatic carbocycles. The van der Waals surface area contributed by atoms with E-state index >= 15 is 0 Å². The quantitative estimate of drug-likeness (QED) is 0.849. The Morgan fingerprint density at radius 2 is 2.00 bits per heavy atom. The van der Waals surface area contributed by atoms with Gasteiger partial charge < -0.3 is 5.32 Å². The average Bonchev–Trinajstić information content (AvgIpc) is 2.12. The van der Waals surface area contributed by atoms with Gasteiger partial charge in [0, 0.05) is 18.3 Å². The van der Waals surface area contributed by atoms with Gasteiger partial charge in [0.25, 0.3) is 0 Å². The van der Waals surface area contributed by atoms with Gasteiger partial charge in [-0.2, -0.15) is 13.2 Å². The van der Waals surface area contributed by atoms with E-state index in [1.54, 1.807) is 0 Å². The number of hydrogen-bond donors (Lipinski definition) is 1. The zero-order valence-corrected chi connectivity index (χ0v) is 8.52. The number of halogens is 3. The van der Waals surface area contributed by atoms with Gasteiger partial charge in [-0.1, -0.05) is 6.92 Å². The molecule has 0 fully saturated rings. The van der Waals surface area contributed by atoms with Gasteiger partial charge in [0.1, 0.15) is 5.82 Å². The molecule has 15 heavy (non-hydrogen) atoms. The molecule has 0 amide bonds. The van der Waals surface area contributed by atoms with E-state index < -0.39 is 12.0 Å². The van der Waals surface area contributed by atoms with Gasteiger partial charge in [0.05, 0.1) is 0 Å². The maximum Gasteiger partial charge on any atom is 0.451 e. The van der Waals surface area contributed by atoms with E-state index in [1.165, 1.54) is 13.0 Å². The topological polar surface area (TPSA) is 37.8 Å². The molecule has 0 aliphatic carbocycles. The highest BCUT2D eigenvalue weighted by molar-refractivity contribution is 5.35. The summed E-state index contributed by atoms with van der Waals surface area (Å²) >= 11 is 0. The number of aromatic nitrogens is 2. The fourth-order valence-electron chi connectivity index (χ4n) is 1.04. The van der Waals surface area contributed by atoms with Gasteiger partial charge in [-0.15, -0.1) is 0 Å². The summed E-state index contributed by atoms with van der Waals surface area (Å²) in [6.45, 7) is 4.02. The summed E-state index contributed by atoms with van der Waals surface area (Å²) in [5, 5.41) is 2.80. The summed E-state index contributed by atoms with van der Waals surface area (Å²) in [4.78, 5) is 6.73. The SMILES string of the molecule is CCCNc1cc(C)nc(C(F)(F)F)n1. The van der Waals surface area contributed by atoms with Crippen molar-refractivity contribution >= 4 is 5.82 Å². The largest absolute Gasteiger partial charge is 0.451 e. The van der Waals surface area contributed by atoms with E-state index in [0.717, 1.165) is 6.42 Å². The molecule has 0 aliphatic rings. The molecule has 1 aromatic rings. The second-order valence-electron chi connectivity index (χ2n) is 3.14. The van der Waals surface area contributed by atoms with Crippen LogP contribution in [-0.4, -0.2) is 16.5 Å². The Hall–Kier alpha value is -1.33. The van der Waals surface area contributed by atoms with Crippen molar-refractivity contribution in [1.29, 1.82) is 0 Å². The van der Waals surface area contributed by atoms with Crippen molar-refractivity contribution in [2.75, 3.05) is 11.9 Å². The summed E-state index contributed by atoms with van der Waals surface area (Å²) in [5.74, 6) is -0.877. The Labute approximate surface area is 85.7 Å². The highest BCUT2D eigenvalue weighted by Gasteiger charge is 2.35. The first-order valence-corrected chi connectivity index (χ1v) is 4.60. The first kappa shape index (κ1) is 11.7. The molecular weight excluding hydrogens is 207 g/mol. The summed E-state index contributed by atoms with van der Waals surface area (Å²) in [6, 6.07) is 1.49. The van der Waals surface area contributed by atoms with E-state index in [1.807, 2.05) is 6.92 Å². The Bertz CT molecular complexity index is 336. The van der Waals surface area contributed by atoms with Crippen molar-refractivity contribution in [3.8, 4) is 0 Å². The number of anilines is 1. The zero-order chi connectivity index (χ0) is 11.5. The third-order valence-electron chi connectivity index (χ3n) is 1.66. The van der Waals surface area contributed by atoms with Crippen LogP contribution in [0, 0.1) is 6.92 Å². The van der Waals surface area contributed by atoms with E-state index in [4.69, 9.17) is 0 Å². The number of alkyl halides is 3. The molecule has 0 atom stereocenters. The molecule has 0 saturated carbocycles. The predicted molar refractivity (Wildman–Crippen MR) is 50.6 cm³/mol. The molecule has 1 heterocycles. The molecule has 0 bridgehead atoms. The maximum absolute atomic E-state index is 12.3. The van der Waals surface area contributed by atoms with Crippen LogP contribution in [0.2, 0.25) is 0 Å². The van der Waals surface area contributed by atoms with Gasteiger partial charge in [0.2, 0.25) is 5.82 Å². The van der Waals surface area contributed by atoms with Crippen LogP contribution in [0.15, 0.2) is 6.07 Å². The van der Waals surface area contributed by atoms with Crippen molar-refractivity contribution in [2.24, 2.45) is 0 Å². The van der Waals surface area contributed by atoms with Gasteiger partial charge in [-0.25, -0.2) is 9.97 Å². The minimum atomic E-state index is -4.49. The Morgan fingerprint density at radius 1 is 1.33 bits per heavy atom. The lowest BCUT2D eigenvalue weighted by Crippen LogP contribution is -2.14. The van der Waals surface area contributed by atoms with Crippen LogP contribution in [0.1, 0.15) is 24.9 Å². The molecule has 1 aromatic heterocycles. The minimum Gasteiger partial charge on any atom is -0.370 e. The molecule has 84 valence electrons. The second kappa shape index (κ2) is 4.46.